The van der Waals surface area contributed by atoms with Crippen molar-refractivity contribution in [3.8, 4) is 5.75 Å². The Labute approximate surface area is 115 Å². The molecule has 0 aliphatic heterocycles. The molecule has 0 saturated carbocycles. The minimum Gasteiger partial charge on any atom is -0.489 e. The largest absolute Gasteiger partial charge is 0.489 e. The molecular formula is C17H21NO. The second-order valence-corrected chi connectivity index (χ2v) is 4.96. The highest BCUT2D eigenvalue weighted by atomic mass is 16.5. The van der Waals surface area contributed by atoms with Crippen molar-refractivity contribution in [3.63, 3.8) is 0 Å². The third kappa shape index (κ3) is 4.11. The highest BCUT2D eigenvalue weighted by Crippen LogP contribution is 2.18. The zero-order valence-corrected chi connectivity index (χ0v) is 11.9. The minimum atomic E-state index is 0.612. The average molecular weight is 255 g/mol. The summed E-state index contributed by atoms with van der Waals surface area (Å²) in [5.41, 5.74) is 4.95. The van der Waals surface area contributed by atoms with Gasteiger partial charge in [-0.3, -0.25) is 0 Å². The summed E-state index contributed by atoms with van der Waals surface area (Å²) in [4.78, 5) is 0. The lowest BCUT2D eigenvalue weighted by atomic mass is 10.1. The van der Waals surface area contributed by atoms with Crippen LogP contribution in [0.1, 0.15) is 22.3 Å². The molecule has 19 heavy (non-hydrogen) atoms. The van der Waals surface area contributed by atoms with Crippen LogP contribution in [-0.4, -0.2) is 7.05 Å². The molecule has 0 spiro atoms. The molecule has 0 fully saturated rings. The van der Waals surface area contributed by atoms with Crippen LogP contribution in [0.5, 0.6) is 5.75 Å². The first-order valence-electron chi connectivity index (χ1n) is 6.61. The van der Waals surface area contributed by atoms with Crippen molar-refractivity contribution in [3.05, 3.63) is 64.7 Å². The lowest BCUT2D eigenvalue weighted by molar-refractivity contribution is 0.305. The van der Waals surface area contributed by atoms with Gasteiger partial charge >= 0.3 is 0 Å². The molecule has 0 aliphatic carbocycles. The first-order valence-corrected chi connectivity index (χ1v) is 6.61. The monoisotopic (exact) mass is 255 g/mol. The number of ether oxygens (including phenoxy) is 1. The summed E-state index contributed by atoms with van der Waals surface area (Å²) in [7, 11) is 1.96. The van der Waals surface area contributed by atoms with Gasteiger partial charge < -0.3 is 10.1 Å². The predicted molar refractivity (Wildman–Crippen MR) is 79.5 cm³/mol. The molecule has 2 nitrogen and oxygen atoms in total. The second kappa shape index (κ2) is 6.39. The summed E-state index contributed by atoms with van der Waals surface area (Å²) in [6, 6.07) is 14.8. The SMILES string of the molecule is CNCc1cccc(COc2cc(C)cc(C)c2)c1. The molecular weight excluding hydrogens is 234 g/mol. The quantitative estimate of drug-likeness (QED) is 0.881. The van der Waals surface area contributed by atoms with Crippen LogP contribution in [0, 0.1) is 13.8 Å². The first kappa shape index (κ1) is 13.6. The fourth-order valence-electron chi connectivity index (χ4n) is 2.22. The number of hydrogen-bond donors (Lipinski definition) is 1. The summed E-state index contributed by atoms with van der Waals surface area (Å²) in [6.07, 6.45) is 0. The standard InChI is InChI=1S/C17H21NO/c1-13-7-14(2)9-17(8-13)19-12-16-6-4-5-15(10-16)11-18-3/h4-10,18H,11-12H2,1-3H3. The van der Waals surface area contributed by atoms with E-state index in [0.717, 1.165) is 12.3 Å². The van der Waals surface area contributed by atoms with E-state index < -0.39 is 0 Å². The molecule has 1 N–H and O–H groups in total. The van der Waals surface area contributed by atoms with Crippen LogP contribution in [0.15, 0.2) is 42.5 Å². The first-order chi connectivity index (χ1) is 9.17. The Morgan fingerprint density at radius 2 is 1.63 bits per heavy atom. The average Bonchev–Trinajstić information content (AvgIpc) is 2.36. The molecule has 0 aromatic heterocycles. The van der Waals surface area contributed by atoms with Crippen LogP contribution in [-0.2, 0) is 13.2 Å². The zero-order chi connectivity index (χ0) is 13.7. The summed E-state index contributed by atoms with van der Waals surface area (Å²) < 4.78 is 5.87. The van der Waals surface area contributed by atoms with Crippen molar-refractivity contribution in [2.75, 3.05) is 7.05 Å². The lowest BCUT2D eigenvalue weighted by Crippen LogP contribution is -2.05. The van der Waals surface area contributed by atoms with Gasteiger partial charge in [-0.25, -0.2) is 0 Å². The van der Waals surface area contributed by atoms with Crippen molar-refractivity contribution < 1.29 is 4.74 Å². The van der Waals surface area contributed by atoms with Gasteiger partial charge in [0.1, 0.15) is 12.4 Å². The highest BCUT2D eigenvalue weighted by Gasteiger charge is 1.99. The number of aryl methyl sites for hydroxylation is 2. The Hall–Kier alpha value is -1.80. The van der Waals surface area contributed by atoms with Crippen LogP contribution in [0.2, 0.25) is 0 Å². The Bertz CT molecular complexity index is 528. The number of rotatable bonds is 5. The van der Waals surface area contributed by atoms with E-state index in [0.29, 0.717) is 6.61 Å². The second-order valence-electron chi connectivity index (χ2n) is 4.96. The van der Waals surface area contributed by atoms with E-state index in [9.17, 15) is 0 Å². The van der Waals surface area contributed by atoms with Gasteiger partial charge in [0.15, 0.2) is 0 Å². The molecule has 2 rings (SSSR count). The number of nitrogens with one attached hydrogen (secondary N) is 1. The van der Waals surface area contributed by atoms with Crippen molar-refractivity contribution in [1.82, 2.24) is 5.32 Å². The van der Waals surface area contributed by atoms with Gasteiger partial charge in [-0.05, 0) is 55.3 Å². The molecule has 0 atom stereocenters. The predicted octanol–water partition coefficient (Wildman–Crippen LogP) is 3.60. The van der Waals surface area contributed by atoms with Gasteiger partial charge in [0.25, 0.3) is 0 Å². The Morgan fingerprint density at radius 3 is 2.32 bits per heavy atom. The Balaban J connectivity index is 2.03. The van der Waals surface area contributed by atoms with Crippen LogP contribution in [0.4, 0.5) is 0 Å². The van der Waals surface area contributed by atoms with Crippen molar-refractivity contribution in [2.24, 2.45) is 0 Å². The molecule has 0 saturated heterocycles. The van der Waals surface area contributed by atoms with E-state index in [1.165, 1.54) is 22.3 Å². The third-order valence-electron chi connectivity index (χ3n) is 2.97. The Kier molecular flexibility index (Phi) is 4.58. The van der Waals surface area contributed by atoms with Crippen LogP contribution in [0.3, 0.4) is 0 Å². The summed E-state index contributed by atoms with van der Waals surface area (Å²) in [6.45, 7) is 5.68. The molecule has 0 amide bonds. The van der Waals surface area contributed by atoms with Gasteiger partial charge in [-0.1, -0.05) is 30.3 Å². The highest BCUT2D eigenvalue weighted by molar-refractivity contribution is 5.33. The van der Waals surface area contributed by atoms with E-state index in [2.05, 4.69) is 61.6 Å². The number of hydrogen-bond acceptors (Lipinski definition) is 2. The fraction of sp³-hybridized carbons (Fsp3) is 0.294. The lowest BCUT2D eigenvalue weighted by Gasteiger charge is -2.09. The summed E-state index contributed by atoms with van der Waals surface area (Å²) >= 11 is 0. The minimum absolute atomic E-state index is 0.612. The van der Waals surface area contributed by atoms with Gasteiger partial charge in [0.05, 0.1) is 0 Å². The maximum Gasteiger partial charge on any atom is 0.120 e. The molecule has 2 heteroatoms. The smallest absolute Gasteiger partial charge is 0.120 e. The van der Waals surface area contributed by atoms with Crippen molar-refractivity contribution in [1.29, 1.82) is 0 Å². The molecule has 0 bridgehead atoms. The molecule has 0 radical (unpaired) electrons. The van der Waals surface area contributed by atoms with E-state index in [-0.39, 0.29) is 0 Å². The summed E-state index contributed by atoms with van der Waals surface area (Å²) in [5, 5.41) is 3.16. The van der Waals surface area contributed by atoms with Crippen LogP contribution < -0.4 is 10.1 Å². The molecule has 0 aliphatic rings. The van der Waals surface area contributed by atoms with Gasteiger partial charge in [0, 0.05) is 6.54 Å². The zero-order valence-electron chi connectivity index (χ0n) is 11.9. The molecule has 2 aromatic carbocycles. The molecule has 0 heterocycles. The van der Waals surface area contributed by atoms with Gasteiger partial charge in [-0.15, -0.1) is 0 Å². The maximum absolute atomic E-state index is 5.87. The normalized spacial score (nSPS) is 10.5. The maximum atomic E-state index is 5.87. The Morgan fingerprint density at radius 1 is 0.947 bits per heavy atom. The summed E-state index contributed by atoms with van der Waals surface area (Å²) in [5.74, 6) is 0.941. The van der Waals surface area contributed by atoms with Crippen LogP contribution >= 0.6 is 0 Å². The fourth-order valence-corrected chi connectivity index (χ4v) is 2.22. The number of benzene rings is 2. The van der Waals surface area contributed by atoms with Crippen molar-refractivity contribution in [2.45, 2.75) is 27.0 Å². The topological polar surface area (TPSA) is 21.3 Å². The van der Waals surface area contributed by atoms with E-state index >= 15 is 0 Å². The molecule has 2 aromatic rings. The van der Waals surface area contributed by atoms with Gasteiger partial charge in [-0.2, -0.15) is 0 Å². The van der Waals surface area contributed by atoms with Crippen molar-refractivity contribution >= 4 is 0 Å². The van der Waals surface area contributed by atoms with E-state index in [1.807, 2.05) is 7.05 Å². The van der Waals surface area contributed by atoms with E-state index in [1.54, 1.807) is 0 Å². The molecule has 100 valence electrons. The van der Waals surface area contributed by atoms with Gasteiger partial charge in [0.2, 0.25) is 0 Å². The van der Waals surface area contributed by atoms with E-state index in [4.69, 9.17) is 4.74 Å². The molecule has 0 unspecified atom stereocenters. The van der Waals surface area contributed by atoms with Crippen LogP contribution in [0.25, 0.3) is 0 Å². The third-order valence-corrected chi connectivity index (χ3v) is 2.97.